The molecule has 6 N–H and O–H groups in total. The largest absolute Gasteiger partial charge is 0.397 e. The predicted molar refractivity (Wildman–Crippen MR) is 106 cm³/mol. The highest BCUT2D eigenvalue weighted by Gasteiger charge is 2.25. The number of carbonyl (C=O) groups excluding carboxylic acids is 1. The number of aryl methyl sites for hydroxylation is 1. The number of amides is 1. The van der Waals surface area contributed by atoms with Gasteiger partial charge in [0.05, 0.1) is 22.6 Å². The molecule has 3 rings (SSSR count). The second-order valence-electron chi connectivity index (χ2n) is 6.46. The summed E-state index contributed by atoms with van der Waals surface area (Å²) < 4.78 is 14.9. The maximum Gasteiger partial charge on any atom is 0.256 e. The lowest BCUT2D eigenvalue weighted by molar-refractivity contribution is 0.0736. The number of anilines is 4. The first-order valence-electron chi connectivity index (χ1n) is 8.64. The lowest BCUT2D eigenvalue weighted by Crippen LogP contribution is -2.46. The van der Waals surface area contributed by atoms with Gasteiger partial charge in [0.2, 0.25) is 0 Å². The number of piperazine rings is 1. The molecule has 0 aromatic heterocycles. The lowest BCUT2D eigenvalue weighted by atomic mass is 10.1. The molecule has 1 aliphatic rings. The first-order chi connectivity index (χ1) is 12.9. The number of rotatable bonds is 3. The second kappa shape index (κ2) is 7.56. The molecular weight excluding hydrogens is 345 g/mol. The highest BCUT2D eigenvalue weighted by Crippen LogP contribution is 2.34. The molecule has 0 bridgehead atoms. The van der Waals surface area contributed by atoms with Crippen molar-refractivity contribution in [2.24, 2.45) is 0 Å². The highest BCUT2D eigenvalue weighted by atomic mass is 19.1. The fourth-order valence-corrected chi connectivity index (χ4v) is 3.04. The quantitative estimate of drug-likeness (QED) is 0.492. The van der Waals surface area contributed by atoms with Crippen LogP contribution in [0.15, 0.2) is 24.3 Å². The van der Waals surface area contributed by atoms with E-state index < -0.39 is 5.82 Å². The van der Waals surface area contributed by atoms with Gasteiger partial charge in [-0.2, -0.15) is 0 Å². The van der Waals surface area contributed by atoms with Crippen molar-refractivity contribution in [3.63, 3.8) is 0 Å². The Balaban J connectivity index is 2.04. The van der Waals surface area contributed by atoms with Gasteiger partial charge in [0, 0.05) is 37.4 Å². The van der Waals surface area contributed by atoms with Crippen LogP contribution >= 0.6 is 0 Å². The molecule has 2 aromatic rings. The molecule has 1 saturated heterocycles. The fourth-order valence-electron chi connectivity index (χ4n) is 3.04. The van der Waals surface area contributed by atoms with E-state index in [0.717, 1.165) is 5.56 Å². The zero-order valence-corrected chi connectivity index (χ0v) is 15.1. The normalized spacial score (nSPS) is 13.9. The van der Waals surface area contributed by atoms with Gasteiger partial charge >= 0.3 is 0 Å². The van der Waals surface area contributed by atoms with Gasteiger partial charge in [0.25, 0.3) is 5.91 Å². The van der Waals surface area contributed by atoms with Crippen LogP contribution in [0.4, 0.5) is 27.1 Å². The van der Waals surface area contributed by atoms with Crippen LogP contribution in [0, 0.1) is 25.1 Å². The van der Waals surface area contributed by atoms with Crippen LogP contribution in [0.2, 0.25) is 0 Å². The number of carbonyl (C=O) groups is 1. The number of nitrogens with one attached hydrogen (secondary N) is 2. The Bertz CT molecular complexity index is 929. The van der Waals surface area contributed by atoms with Gasteiger partial charge in [-0.25, -0.2) is 4.39 Å². The van der Waals surface area contributed by atoms with Gasteiger partial charge < -0.3 is 27.0 Å². The summed E-state index contributed by atoms with van der Waals surface area (Å²) in [6, 6.07) is 6.72. The Hall–Kier alpha value is -3.24. The molecule has 0 atom stereocenters. The summed E-state index contributed by atoms with van der Waals surface area (Å²) in [7, 11) is 0. The number of hydrogen-bond donors (Lipinski definition) is 4. The number of nitrogen functional groups attached to an aromatic ring is 2. The Morgan fingerprint density at radius 1 is 1.30 bits per heavy atom. The molecule has 0 aliphatic carbocycles. The maximum atomic E-state index is 14.9. The SMILES string of the molecule is C#Cc1ccc(Nc2c(C(=O)N3CCNCC3)cc(N)c(N)c2F)c(C)c1. The average molecular weight is 367 g/mol. The van der Waals surface area contributed by atoms with Crippen molar-refractivity contribution < 1.29 is 9.18 Å². The van der Waals surface area contributed by atoms with E-state index in [1.807, 2.05) is 6.92 Å². The Labute approximate surface area is 157 Å². The van der Waals surface area contributed by atoms with Gasteiger partial charge in [-0.05, 0) is 36.8 Å². The second-order valence-corrected chi connectivity index (χ2v) is 6.46. The van der Waals surface area contributed by atoms with E-state index in [1.54, 1.807) is 23.1 Å². The van der Waals surface area contributed by atoms with Crippen LogP contribution < -0.4 is 22.1 Å². The lowest BCUT2D eigenvalue weighted by Gasteiger charge is -2.28. The molecule has 6 nitrogen and oxygen atoms in total. The number of nitrogens with zero attached hydrogens (tertiary/aromatic N) is 1. The van der Waals surface area contributed by atoms with Crippen molar-refractivity contribution in [3.8, 4) is 12.3 Å². The topological polar surface area (TPSA) is 96.4 Å². The van der Waals surface area contributed by atoms with E-state index in [4.69, 9.17) is 17.9 Å². The summed E-state index contributed by atoms with van der Waals surface area (Å²) in [5.74, 6) is 1.52. The zero-order chi connectivity index (χ0) is 19.6. The minimum absolute atomic E-state index is 0.0155. The molecule has 1 aliphatic heterocycles. The highest BCUT2D eigenvalue weighted by molar-refractivity contribution is 6.03. The minimum atomic E-state index is -0.742. The predicted octanol–water partition coefficient (Wildman–Crippen LogP) is 2.07. The minimum Gasteiger partial charge on any atom is -0.397 e. The number of nitrogens with two attached hydrogens (primary N) is 2. The van der Waals surface area contributed by atoms with Gasteiger partial charge in [-0.3, -0.25) is 4.79 Å². The molecule has 1 fully saturated rings. The molecular formula is C20H22FN5O. The van der Waals surface area contributed by atoms with E-state index in [2.05, 4.69) is 16.6 Å². The van der Waals surface area contributed by atoms with Crippen LogP contribution in [-0.4, -0.2) is 37.0 Å². The zero-order valence-electron chi connectivity index (χ0n) is 15.1. The third-order valence-electron chi connectivity index (χ3n) is 4.62. The number of hydrogen-bond acceptors (Lipinski definition) is 5. The van der Waals surface area contributed by atoms with Crippen LogP contribution in [0.1, 0.15) is 21.5 Å². The van der Waals surface area contributed by atoms with E-state index in [1.165, 1.54) is 6.07 Å². The van der Waals surface area contributed by atoms with Crippen molar-refractivity contribution in [3.05, 3.63) is 46.8 Å². The van der Waals surface area contributed by atoms with Gasteiger partial charge in [-0.15, -0.1) is 6.42 Å². The number of benzene rings is 2. The standard InChI is InChI=1S/C20H22FN5O/c1-3-13-4-5-16(12(2)10-13)25-19-14(11-15(22)18(23)17(19)21)20(27)26-8-6-24-7-9-26/h1,4-5,10-11,24-25H,6-9,22-23H2,2H3. The summed E-state index contributed by atoms with van der Waals surface area (Å²) in [6.45, 7) is 4.31. The Kier molecular flexibility index (Phi) is 5.19. The molecule has 0 spiro atoms. The molecule has 1 amide bonds. The van der Waals surface area contributed by atoms with Crippen molar-refractivity contribution in [1.29, 1.82) is 0 Å². The maximum absolute atomic E-state index is 14.9. The molecule has 27 heavy (non-hydrogen) atoms. The smallest absolute Gasteiger partial charge is 0.256 e. The molecule has 2 aromatic carbocycles. The number of terminal acetylenes is 1. The van der Waals surface area contributed by atoms with Crippen LogP contribution in [-0.2, 0) is 0 Å². The van der Waals surface area contributed by atoms with Crippen molar-refractivity contribution in [1.82, 2.24) is 10.2 Å². The summed E-state index contributed by atoms with van der Waals surface area (Å²) in [4.78, 5) is 14.6. The molecule has 1 heterocycles. The molecule has 140 valence electrons. The average Bonchev–Trinajstić information content (AvgIpc) is 2.69. The molecule has 7 heteroatoms. The van der Waals surface area contributed by atoms with E-state index in [0.29, 0.717) is 37.4 Å². The van der Waals surface area contributed by atoms with Crippen molar-refractivity contribution in [2.75, 3.05) is 43.0 Å². The van der Waals surface area contributed by atoms with Crippen molar-refractivity contribution in [2.45, 2.75) is 6.92 Å². The summed E-state index contributed by atoms with van der Waals surface area (Å²) >= 11 is 0. The van der Waals surface area contributed by atoms with Crippen LogP contribution in [0.25, 0.3) is 0 Å². The van der Waals surface area contributed by atoms with Gasteiger partial charge in [-0.1, -0.05) is 5.92 Å². The van der Waals surface area contributed by atoms with Crippen LogP contribution in [0.5, 0.6) is 0 Å². The molecule has 0 saturated carbocycles. The first-order valence-corrected chi connectivity index (χ1v) is 8.64. The molecule has 0 radical (unpaired) electrons. The first kappa shape index (κ1) is 18.5. The number of halogens is 1. The van der Waals surface area contributed by atoms with E-state index >= 15 is 0 Å². The Morgan fingerprint density at radius 2 is 2.00 bits per heavy atom. The van der Waals surface area contributed by atoms with Crippen LogP contribution in [0.3, 0.4) is 0 Å². The van der Waals surface area contributed by atoms with E-state index in [-0.39, 0.29) is 28.5 Å². The third-order valence-corrected chi connectivity index (χ3v) is 4.62. The monoisotopic (exact) mass is 367 g/mol. The van der Waals surface area contributed by atoms with Gasteiger partial charge in [0.15, 0.2) is 5.82 Å². The van der Waals surface area contributed by atoms with Crippen molar-refractivity contribution >= 4 is 28.7 Å². The molecule has 0 unspecified atom stereocenters. The van der Waals surface area contributed by atoms with Gasteiger partial charge in [0.1, 0.15) is 0 Å². The van der Waals surface area contributed by atoms with E-state index in [9.17, 15) is 9.18 Å². The summed E-state index contributed by atoms with van der Waals surface area (Å²) in [5.41, 5.74) is 13.8. The summed E-state index contributed by atoms with van der Waals surface area (Å²) in [6.07, 6.45) is 5.41. The summed E-state index contributed by atoms with van der Waals surface area (Å²) in [5, 5.41) is 6.19. The Morgan fingerprint density at radius 3 is 2.63 bits per heavy atom. The fraction of sp³-hybridized carbons (Fsp3) is 0.250. The third kappa shape index (κ3) is 3.66.